The van der Waals surface area contributed by atoms with Crippen LogP contribution in [0.1, 0.15) is 33.6 Å². The van der Waals surface area contributed by atoms with Gasteiger partial charge >= 0.3 is 0 Å². The molecule has 0 saturated heterocycles. The normalized spacial score (nSPS) is 11.2. The summed E-state index contributed by atoms with van der Waals surface area (Å²) in [6.07, 6.45) is 1.56. The molecule has 0 bridgehead atoms. The van der Waals surface area contributed by atoms with Crippen LogP contribution in [-0.2, 0) is 0 Å². The lowest BCUT2D eigenvalue weighted by atomic mass is 9.90. The van der Waals surface area contributed by atoms with E-state index in [1.54, 1.807) is 0 Å². The zero-order valence-corrected chi connectivity index (χ0v) is 12.8. The number of anilines is 2. The largest absolute Gasteiger partial charge is 0.396 e. The highest BCUT2D eigenvalue weighted by atomic mass is 16.6. The summed E-state index contributed by atoms with van der Waals surface area (Å²) in [4.78, 5) is 14.9. The number of nitrogens with one attached hydrogen (secondary N) is 2. The minimum absolute atomic E-state index is 0.00562. The fraction of sp³-hybridized carbons (Fsp3) is 0.643. The van der Waals surface area contributed by atoms with E-state index < -0.39 is 4.92 Å². The Morgan fingerprint density at radius 2 is 1.95 bits per heavy atom. The Hall–Kier alpha value is -1.89. The number of nitro groups is 1. The van der Waals surface area contributed by atoms with E-state index in [4.69, 9.17) is 5.11 Å². The number of aliphatic hydroxyl groups is 1. The first-order valence-electron chi connectivity index (χ1n) is 7.13. The molecule has 0 atom stereocenters. The summed E-state index contributed by atoms with van der Waals surface area (Å²) in [7, 11) is 0. The van der Waals surface area contributed by atoms with E-state index in [-0.39, 0.29) is 17.7 Å². The number of nitrogens with zero attached hydrogens (tertiary/aromatic N) is 2. The molecule has 21 heavy (non-hydrogen) atoms. The average Bonchev–Trinajstić information content (AvgIpc) is 2.43. The molecule has 7 nitrogen and oxygen atoms in total. The zero-order valence-electron chi connectivity index (χ0n) is 12.8. The molecule has 0 amide bonds. The molecule has 1 heterocycles. The van der Waals surface area contributed by atoms with Crippen LogP contribution in [0.25, 0.3) is 0 Å². The van der Waals surface area contributed by atoms with Crippen LogP contribution in [0, 0.1) is 15.5 Å². The number of rotatable bonds is 9. The van der Waals surface area contributed by atoms with Gasteiger partial charge in [-0.3, -0.25) is 10.1 Å². The van der Waals surface area contributed by atoms with Crippen LogP contribution < -0.4 is 10.6 Å². The molecule has 1 aromatic rings. The van der Waals surface area contributed by atoms with Gasteiger partial charge in [0.1, 0.15) is 11.6 Å². The van der Waals surface area contributed by atoms with E-state index in [9.17, 15) is 10.1 Å². The molecule has 0 spiro atoms. The van der Waals surface area contributed by atoms with Gasteiger partial charge in [0.15, 0.2) is 0 Å². The fourth-order valence-corrected chi connectivity index (χ4v) is 1.78. The minimum Gasteiger partial charge on any atom is -0.396 e. The topological polar surface area (TPSA) is 100 Å². The van der Waals surface area contributed by atoms with Gasteiger partial charge in [-0.05, 0) is 18.3 Å². The van der Waals surface area contributed by atoms with E-state index in [1.807, 2.05) is 20.8 Å². The summed E-state index contributed by atoms with van der Waals surface area (Å²) in [6.45, 7) is 7.45. The molecular weight excluding hydrogens is 272 g/mol. The molecule has 1 aromatic heterocycles. The molecule has 0 saturated carbocycles. The third-order valence-electron chi connectivity index (χ3n) is 3.11. The number of aromatic nitrogens is 1. The van der Waals surface area contributed by atoms with Crippen molar-refractivity contribution in [3.05, 3.63) is 22.2 Å². The fourth-order valence-electron chi connectivity index (χ4n) is 1.78. The Kier molecular flexibility index (Phi) is 6.36. The lowest BCUT2D eigenvalue weighted by molar-refractivity contribution is -0.384. The first-order valence-corrected chi connectivity index (χ1v) is 7.13. The van der Waals surface area contributed by atoms with Crippen molar-refractivity contribution in [3.8, 4) is 0 Å². The van der Waals surface area contributed by atoms with Crippen LogP contribution in [0.2, 0.25) is 0 Å². The van der Waals surface area contributed by atoms with Gasteiger partial charge in [-0.15, -0.1) is 0 Å². The number of hydrogen-bond acceptors (Lipinski definition) is 6. The van der Waals surface area contributed by atoms with Gasteiger partial charge in [-0.25, -0.2) is 4.98 Å². The van der Waals surface area contributed by atoms with E-state index >= 15 is 0 Å². The zero-order chi connectivity index (χ0) is 15.9. The third-order valence-corrected chi connectivity index (χ3v) is 3.11. The van der Waals surface area contributed by atoms with Gasteiger partial charge < -0.3 is 15.7 Å². The number of aliphatic hydroxyl groups excluding tert-OH is 1. The van der Waals surface area contributed by atoms with Gasteiger partial charge in [-0.1, -0.05) is 20.8 Å². The van der Waals surface area contributed by atoms with E-state index in [2.05, 4.69) is 15.6 Å². The first-order chi connectivity index (χ1) is 9.88. The minimum atomic E-state index is -0.428. The second-order valence-corrected chi connectivity index (χ2v) is 5.77. The second-order valence-electron chi connectivity index (χ2n) is 5.77. The maximum absolute atomic E-state index is 11.0. The Labute approximate surface area is 124 Å². The predicted molar refractivity (Wildman–Crippen MR) is 83.6 cm³/mol. The molecule has 3 N–H and O–H groups in total. The lowest BCUT2D eigenvalue weighted by Gasteiger charge is -2.24. The Balaban J connectivity index is 2.84. The molecule has 0 aliphatic heterocycles. The van der Waals surface area contributed by atoms with Crippen molar-refractivity contribution in [2.24, 2.45) is 5.41 Å². The quantitative estimate of drug-likeness (QED) is 0.478. The van der Waals surface area contributed by atoms with Gasteiger partial charge in [0.05, 0.1) is 17.1 Å². The summed E-state index contributed by atoms with van der Waals surface area (Å²) in [5.41, 5.74) is -0.107. The molecule has 0 fully saturated rings. The highest BCUT2D eigenvalue weighted by molar-refractivity contribution is 5.54. The smallest absolute Gasteiger partial charge is 0.276 e. The second kappa shape index (κ2) is 7.78. The van der Waals surface area contributed by atoms with Crippen molar-refractivity contribution in [1.29, 1.82) is 0 Å². The van der Waals surface area contributed by atoms with Gasteiger partial charge in [-0.2, -0.15) is 0 Å². The standard InChI is InChI=1S/C14H24N4O3/c1-4-6-15-12-8-11(18(20)21)9-13(17-12)16-10-14(2,3)5-7-19/h8-9,19H,4-7,10H2,1-3H3,(H2,15,16,17). The van der Waals surface area contributed by atoms with Crippen molar-refractivity contribution in [2.75, 3.05) is 30.3 Å². The van der Waals surface area contributed by atoms with Gasteiger partial charge in [0.2, 0.25) is 0 Å². The average molecular weight is 296 g/mol. The maximum Gasteiger partial charge on any atom is 0.276 e. The van der Waals surface area contributed by atoms with Crippen molar-refractivity contribution in [2.45, 2.75) is 33.6 Å². The third kappa shape index (κ3) is 5.95. The van der Waals surface area contributed by atoms with Crippen molar-refractivity contribution in [3.63, 3.8) is 0 Å². The summed E-state index contributed by atoms with van der Waals surface area (Å²) >= 11 is 0. The molecule has 0 aliphatic rings. The Morgan fingerprint density at radius 3 is 2.48 bits per heavy atom. The molecule has 7 heteroatoms. The molecular formula is C14H24N4O3. The molecule has 1 rings (SSSR count). The van der Waals surface area contributed by atoms with E-state index in [1.165, 1.54) is 12.1 Å². The SMILES string of the molecule is CCCNc1cc([N+](=O)[O-])cc(NCC(C)(C)CCO)n1. The van der Waals surface area contributed by atoms with Crippen molar-refractivity contribution < 1.29 is 10.0 Å². The van der Waals surface area contributed by atoms with Crippen LogP contribution in [0.15, 0.2) is 12.1 Å². The van der Waals surface area contributed by atoms with Crippen LogP contribution in [0.3, 0.4) is 0 Å². The summed E-state index contributed by atoms with van der Waals surface area (Å²) in [5, 5.41) is 26.2. The summed E-state index contributed by atoms with van der Waals surface area (Å²) in [5.74, 6) is 0.960. The molecule has 118 valence electrons. The lowest BCUT2D eigenvalue weighted by Crippen LogP contribution is -2.24. The predicted octanol–water partition coefficient (Wildman–Crippen LogP) is 2.63. The van der Waals surface area contributed by atoms with Crippen molar-refractivity contribution >= 4 is 17.3 Å². The number of pyridine rings is 1. The first kappa shape index (κ1) is 17.2. The van der Waals surface area contributed by atoms with Gasteiger partial charge in [0, 0.05) is 19.7 Å². The highest BCUT2D eigenvalue weighted by Crippen LogP contribution is 2.24. The molecule has 0 aromatic carbocycles. The van der Waals surface area contributed by atoms with Gasteiger partial charge in [0.25, 0.3) is 5.69 Å². The summed E-state index contributed by atoms with van der Waals surface area (Å²) < 4.78 is 0. The monoisotopic (exact) mass is 296 g/mol. The number of hydrogen-bond donors (Lipinski definition) is 3. The maximum atomic E-state index is 11.0. The van der Waals surface area contributed by atoms with Crippen LogP contribution in [0.4, 0.5) is 17.3 Å². The van der Waals surface area contributed by atoms with Crippen LogP contribution >= 0.6 is 0 Å². The van der Waals surface area contributed by atoms with Crippen LogP contribution in [0.5, 0.6) is 0 Å². The molecule has 0 unspecified atom stereocenters. The molecule has 0 aliphatic carbocycles. The Morgan fingerprint density at radius 1 is 1.33 bits per heavy atom. The summed E-state index contributed by atoms with van der Waals surface area (Å²) in [6, 6.07) is 2.85. The van der Waals surface area contributed by atoms with Crippen LogP contribution in [-0.4, -0.2) is 34.7 Å². The molecule has 0 radical (unpaired) electrons. The Bertz CT molecular complexity index is 477. The van der Waals surface area contributed by atoms with E-state index in [0.717, 1.165) is 6.42 Å². The van der Waals surface area contributed by atoms with Crippen molar-refractivity contribution in [1.82, 2.24) is 4.98 Å². The highest BCUT2D eigenvalue weighted by Gasteiger charge is 2.18. The van der Waals surface area contributed by atoms with E-state index in [0.29, 0.717) is 31.1 Å².